The molecule has 0 aliphatic carbocycles. The lowest BCUT2D eigenvalue weighted by Crippen LogP contribution is -2.28. The number of fused-ring (bicyclic) bond motifs is 1. The molecule has 0 bridgehead atoms. The molecule has 3 aromatic rings. The topological polar surface area (TPSA) is 25.2 Å². The van der Waals surface area contributed by atoms with Gasteiger partial charge in [0.05, 0.1) is 10.2 Å². The Kier molecular flexibility index (Phi) is 4.46. The van der Waals surface area contributed by atoms with Crippen molar-refractivity contribution < 1.29 is 4.79 Å². The summed E-state index contributed by atoms with van der Waals surface area (Å²) in [6.45, 7) is 4.77. The maximum atomic E-state index is 12.9. The molecule has 0 atom stereocenters. The number of rotatable bonds is 4. The Morgan fingerprint density at radius 3 is 2.61 bits per heavy atom. The van der Waals surface area contributed by atoms with Crippen LogP contribution in [0.4, 0.5) is 0 Å². The van der Waals surface area contributed by atoms with Gasteiger partial charge in [-0.3, -0.25) is 4.79 Å². The molecule has 3 nitrogen and oxygen atoms in total. The highest BCUT2D eigenvalue weighted by Gasteiger charge is 2.21. The summed E-state index contributed by atoms with van der Waals surface area (Å²) in [6, 6.07) is 11.9. The van der Waals surface area contributed by atoms with Crippen LogP contribution in [0.2, 0.25) is 5.02 Å². The molecule has 5 heteroatoms. The van der Waals surface area contributed by atoms with Gasteiger partial charge in [-0.1, -0.05) is 23.7 Å². The lowest BCUT2D eigenvalue weighted by atomic mass is 10.2. The van der Waals surface area contributed by atoms with E-state index in [4.69, 9.17) is 11.6 Å². The zero-order valence-electron chi connectivity index (χ0n) is 13.4. The van der Waals surface area contributed by atoms with Gasteiger partial charge in [0, 0.05) is 24.7 Å². The van der Waals surface area contributed by atoms with Crippen molar-refractivity contribution in [2.75, 3.05) is 7.05 Å². The predicted octanol–water partition coefficient (Wildman–Crippen LogP) is 5.21. The van der Waals surface area contributed by atoms with Gasteiger partial charge in [-0.2, -0.15) is 0 Å². The summed E-state index contributed by atoms with van der Waals surface area (Å²) in [5.41, 5.74) is 2.95. The highest BCUT2D eigenvalue weighted by atomic mass is 35.5. The van der Waals surface area contributed by atoms with Crippen molar-refractivity contribution in [1.29, 1.82) is 0 Å². The zero-order valence-corrected chi connectivity index (χ0v) is 15.0. The Hall–Kier alpha value is -1.78. The molecular weight excluding hydrogens is 328 g/mol. The Labute approximate surface area is 145 Å². The minimum absolute atomic E-state index is 0.0389. The summed E-state index contributed by atoms with van der Waals surface area (Å²) in [4.78, 5) is 14.6. The number of carbonyl (C=O) groups excluding carboxylic acids is 1. The average Bonchev–Trinajstić information content (AvgIpc) is 3.08. The van der Waals surface area contributed by atoms with Crippen LogP contribution in [0, 0.1) is 0 Å². The first-order valence-electron chi connectivity index (χ1n) is 7.55. The third-order valence-corrected chi connectivity index (χ3v) is 4.98. The molecule has 0 radical (unpaired) electrons. The Balaban J connectivity index is 1.88. The highest BCUT2D eigenvalue weighted by molar-refractivity contribution is 7.17. The smallest absolute Gasteiger partial charge is 0.270 e. The molecule has 0 aliphatic heterocycles. The Morgan fingerprint density at radius 2 is 1.96 bits per heavy atom. The third-order valence-electron chi connectivity index (χ3n) is 3.88. The molecule has 2 heterocycles. The fourth-order valence-electron chi connectivity index (χ4n) is 2.80. The summed E-state index contributed by atoms with van der Waals surface area (Å²) >= 11 is 7.58. The zero-order chi connectivity index (χ0) is 16.6. The van der Waals surface area contributed by atoms with Crippen LogP contribution in [0.5, 0.6) is 0 Å². The molecule has 1 aromatic carbocycles. The van der Waals surface area contributed by atoms with Crippen molar-refractivity contribution in [3.63, 3.8) is 0 Å². The second-order valence-electron chi connectivity index (χ2n) is 5.95. The van der Waals surface area contributed by atoms with Crippen molar-refractivity contribution in [1.82, 2.24) is 9.47 Å². The Bertz CT molecular complexity index is 832. The minimum Gasteiger partial charge on any atom is -0.336 e. The van der Waals surface area contributed by atoms with Gasteiger partial charge in [0.25, 0.3) is 5.91 Å². The van der Waals surface area contributed by atoms with Crippen LogP contribution in [-0.4, -0.2) is 22.4 Å². The molecule has 0 saturated carbocycles. The first-order chi connectivity index (χ1) is 11.0. The fraction of sp³-hybridized carbons (Fsp3) is 0.278. The van der Waals surface area contributed by atoms with E-state index in [0.717, 1.165) is 21.5 Å². The monoisotopic (exact) mass is 346 g/mol. The molecule has 0 unspecified atom stereocenters. The number of benzene rings is 1. The quantitative estimate of drug-likeness (QED) is 0.636. The SMILES string of the molecule is CC(C)n1c(C(=O)N(C)Cc2ccc(Cl)cc2)cc2sccc21. The van der Waals surface area contributed by atoms with Crippen LogP contribution in [-0.2, 0) is 6.54 Å². The van der Waals surface area contributed by atoms with E-state index in [-0.39, 0.29) is 11.9 Å². The molecule has 2 aromatic heterocycles. The van der Waals surface area contributed by atoms with Gasteiger partial charge in [0.2, 0.25) is 0 Å². The van der Waals surface area contributed by atoms with E-state index in [1.807, 2.05) is 37.4 Å². The molecular formula is C18H19ClN2OS. The number of hydrogen-bond acceptors (Lipinski definition) is 2. The van der Waals surface area contributed by atoms with Crippen molar-refractivity contribution >= 4 is 39.1 Å². The van der Waals surface area contributed by atoms with Crippen molar-refractivity contribution in [3.8, 4) is 0 Å². The van der Waals surface area contributed by atoms with Gasteiger partial charge >= 0.3 is 0 Å². The van der Waals surface area contributed by atoms with Crippen LogP contribution in [0.25, 0.3) is 10.2 Å². The number of halogens is 1. The van der Waals surface area contributed by atoms with E-state index in [2.05, 4.69) is 29.9 Å². The van der Waals surface area contributed by atoms with Gasteiger partial charge in [0.1, 0.15) is 5.69 Å². The van der Waals surface area contributed by atoms with E-state index < -0.39 is 0 Å². The third kappa shape index (κ3) is 3.14. The number of nitrogens with zero attached hydrogens (tertiary/aromatic N) is 2. The number of hydrogen-bond donors (Lipinski definition) is 0. The number of carbonyl (C=O) groups is 1. The fourth-order valence-corrected chi connectivity index (χ4v) is 3.73. The molecule has 0 aliphatic rings. The second kappa shape index (κ2) is 6.38. The molecule has 23 heavy (non-hydrogen) atoms. The highest BCUT2D eigenvalue weighted by Crippen LogP contribution is 2.29. The van der Waals surface area contributed by atoms with E-state index >= 15 is 0 Å². The van der Waals surface area contributed by atoms with Gasteiger partial charge < -0.3 is 9.47 Å². The molecule has 0 saturated heterocycles. The van der Waals surface area contributed by atoms with Crippen molar-refractivity contribution in [3.05, 3.63) is 58.1 Å². The number of amides is 1. The molecule has 1 amide bonds. The maximum Gasteiger partial charge on any atom is 0.270 e. The standard InChI is InChI=1S/C18H19ClN2OS/c1-12(2)21-15-8-9-23-17(15)10-16(21)18(22)20(3)11-13-4-6-14(19)7-5-13/h4-10,12H,11H2,1-3H3. The van der Waals surface area contributed by atoms with Crippen LogP contribution >= 0.6 is 22.9 Å². The predicted molar refractivity (Wildman–Crippen MR) is 97.4 cm³/mol. The first-order valence-corrected chi connectivity index (χ1v) is 8.81. The van der Waals surface area contributed by atoms with Crippen LogP contribution in [0.15, 0.2) is 41.8 Å². The van der Waals surface area contributed by atoms with Gasteiger partial charge in [0.15, 0.2) is 0 Å². The summed E-state index contributed by atoms with van der Waals surface area (Å²) in [5.74, 6) is 0.0389. The van der Waals surface area contributed by atoms with Gasteiger partial charge in [-0.15, -0.1) is 11.3 Å². The Morgan fingerprint density at radius 1 is 1.26 bits per heavy atom. The number of aromatic nitrogens is 1. The van der Waals surface area contributed by atoms with Crippen LogP contribution in [0.1, 0.15) is 35.9 Å². The van der Waals surface area contributed by atoms with E-state index in [9.17, 15) is 4.79 Å². The normalized spacial score (nSPS) is 11.3. The average molecular weight is 347 g/mol. The summed E-state index contributed by atoms with van der Waals surface area (Å²) < 4.78 is 3.27. The van der Waals surface area contributed by atoms with Crippen molar-refractivity contribution in [2.45, 2.75) is 26.4 Å². The first kappa shape index (κ1) is 16.1. The summed E-state index contributed by atoms with van der Waals surface area (Å²) in [6.07, 6.45) is 0. The minimum atomic E-state index is 0.0389. The molecule has 120 valence electrons. The van der Waals surface area contributed by atoms with E-state index in [0.29, 0.717) is 11.6 Å². The lowest BCUT2D eigenvalue weighted by Gasteiger charge is -2.20. The van der Waals surface area contributed by atoms with Gasteiger partial charge in [-0.05, 0) is 49.1 Å². The van der Waals surface area contributed by atoms with Crippen LogP contribution < -0.4 is 0 Å². The molecule has 0 spiro atoms. The maximum absolute atomic E-state index is 12.9. The van der Waals surface area contributed by atoms with Crippen LogP contribution in [0.3, 0.4) is 0 Å². The molecule has 0 fully saturated rings. The summed E-state index contributed by atoms with van der Waals surface area (Å²) in [7, 11) is 1.84. The summed E-state index contributed by atoms with van der Waals surface area (Å²) in [5, 5.41) is 2.77. The van der Waals surface area contributed by atoms with Gasteiger partial charge in [-0.25, -0.2) is 0 Å². The largest absolute Gasteiger partial charge is 0.336 e. The van der Waals surface area contributed by atoms with Crippen molar-refractivity contribution in [2.24, 2.45) is 0 Å². The van der Waals surface area contributed by atoms with E-state index in [1.165, 1.54) is 0 Å². The molecule has 3 rings (SSSR count). The van der Waals surface area contributed by atoms with E-state index in [1.54, 1.807) is 16.2 Å². The molecule has 0 N–H and O–H groups in total. The number of thiophene rings is 1. The second-order valence-corrected chi connectivity index (χ2v) is 7.34. The lowest BCUT2D eigenvalue weighted by molar-refractivity contribution is 0.0773.